The van der Waals surface area contributed by atoms with Crippen molar-refractivity contribution in [1.29, 1.82) is 0 Å². The average molecular weight is 330 g/mol. The monoisotopic (exact) mass is 330 g/mol. The van der Waals surface area contributed by atoms with Gasteiger partial charge in [0.1, 0.15) is 5.69 Å². The molecule has 2 aromatic rings. The Labute approximate surface area is 139 Å². The van der Waals surface area contributed by atoms with Gasteiger partial charge in [0, 0.05) is 24.1 Å². The number of piperidine rings is 1. The molecule has 1 aliphatic carbocycles. The van der Waals surface area contributed by atoms with E-state index >= 15 is 0 Å². The molecule has 2 aromatic heterocycles. The third-order valence-electron chi connectivity index (χ3n) is 5.09. The molecule has 128 valence electrons. The van der Waals surface area contributed by atoms with Crippen LogP contribution in [0, 0.1) is 0 Å². The lowest BCUT2D eigenvalue weighted by molar-refractivity contribution is 0.0995. The van der Waals surface area contributed by atoms with E-state index in [9.17, 15) is 4.79 Å². The predicted molar refractivity (Wildman–Crippen MR) is 85.2 cm³/mol. The summed E-state index contributed by atoms with van der Waals surface area (Å²) in [6.45, 7) is 2.56. The summed E-state index contributed by atoms with van der Waals surface area (Å²) in [5, 5.41) is 15.3. The van der Waals surface area contributed by atoms with Gasteiger partial charge in [-0.15, -0.1) is 10.2 Å². The zero-order valence-electron chi connectivity index (χ0n) is 13.6. The molecule has 0 bridgehead atoms. The van der Waals surface area contributed by atoms with Gasteiger partial charge in [-0.1, -0.05) is 6.42 Å². The van der Waals surface area contributed by atoms with Crippen LogP contribution in [-0.2, 0) is 6.54 Å². The Kier molecular flexibility index (Phi) is 4.05. The van der Waals surface area contributed by atoms with Crippen molar-refractivity contribution in [3.63, 3.8) is 0 Å². The van der Waals surface area contributed by atoms with Gasteiger partial charge in [0.2, 0.25) is 11.8 Å². The number of nitrogens with zero attached hydrogens (tertiary/aromatic N) is 4. The molecule has 3 N–H and O–H groups in total. The van der Waals surface area contributed by atoms with Crippen molar-refractivity contribution in [1.82, 2.24) is 25.3 Å². The molecule has 1 saturated heterocycles. The molecule has 0 spiro atoms. The van der Waals surface area contributed by atoms with E-state index in [0.717, 1.165) is 50.4 Å². The minimum absolute atomic E-state index is 0.296. The van der Waals surface area contributed by atoms with Crippen molar-refractivity contribution in [3.05, 3.63) is 29.2 Å². The number of amides is 1. The number of primary amides is 1. The first kappa shape index (κ1) is 15.3. The third kappa shape index (κ3) is 3.06. The zero-order valence-corrected chi connectivity index (χ0v) is 13.6. The molecule has 1 aliphatic heterocycles. The van der Waals surface area contributed by atoms with Crippen LogP contribution in [0.25, 0.3) is 0 Å². The van der Waals surface area contributed by atoms with Gasteiger partial charge in [-0.25, -0.2) is 0 Å². The molecule has 8 heteroatoms. The second kappa shape index (κ2) is 6.35. The largest absolute Gasteiger partial charge is 0.424 e. The van der Waals surface area contributed by atoms with E-state index in [0.29, 0.717) is 30.0 Å². The summed E-state index contributed by atoms with van der Waals surface area (Å²) >= 11 is 0. The number of nitrogens with one attached hydrogen (secondary N) is 1. The highest BCUT2D eigenvalue weighted by Gasteiger charge is 2.27. The molecule has 3 heterocycles. The maximum atomic E-state index is 11.2. The van der Waals surface area contributed by atoms with E-state index in [-0.39, 0.29) is 0 Å². The normalized spacial score (nSPS) is 22.4. The lowest BCUT2D eigenvalue weighted by Crippen LogP contribution is -2.34. The predicted octanol–water partition coefficient (Wildman–Crippen LogP) is 1.54. The average Bonchev–Trinajstić information content (AvgIpc) is 3.16. The molecule has 8 nitrogen and oxygen atoms in total. The van der Waals surface area contributed by atoms with Crippen LogP contribution in [0.4, 0.5) is 0 Å². The Bertz CT molecular complexity index is 720. The number of aromatic amines is 1. The van der Waals surface area contributed by atoms with Crippen molar-refractivity contribution in [2.75, 3.05) is 13.1 Å². The Balaban J connectivity index is 1.39. The molecule has 2 aliphatic rings. The molecule has 1 atom stereocenters. The fourth-order valence-electron chi connectivity index (χ4n) is 3.47. The van der Waals surface area contributed by atoms with E-state index in [1.807, 2.05) is 0 Å². The van der Waals surface area contributed by atoms with Gasteiger partial charge < -0.3 is 10.2 Å². The fourth-order valence-corrected chi connectivity index (χ4v) is 3.47. The number of H-pyrrole nitrogens is 1. The van der Waals surface area contributed by atoms with Crippen LogP contribution < -0.4 is 5.73 Å². The summed E-state index contributed by atoms with van der Waals surface area (Å²) in [6, 6.07) is 1.76. The van der Waals surface area contributed by atoms with Crippen LogP contribution in [0.1, 0.15) is 71.9 Å². The van der Waals surface area contributed by atoms with Crippen molar-refractivity contribution in [2.24, 2.45) is 5.73 Å². The Morgan fingerprint density at radius 1 is 1.29 bits per heavy atom. The summed E-state index contributed by atoms with van der Waals surface area (Å²) < 4.78 is 5.82. The number of nitrogens with two attached hydrogens (primary N) is 1. The number of rotatable bonds is 5. The Morgan fingerprint density at radius 2 is 2.12 bits per heavy atom. The maximum Gasteiger partial charge on any atom is 0.269 e. The van der Waals surface area contributed by atoms with Crippen LogP contribution in [-0.4, -0.2) is 44.3 Å². The van der Waals surface area contributed by atoms with E-state index in [2.05, 4.69) is 25.3 Å². The second-order valence-corrected chi connectivity index (χ2v) is 6.81. The minimum Gasteiger partial charge on any atom is -0.424 e. The summed E-state index contributed by atoms with van der Waals surface area (Å²) in [7, 11) is 0. The highest BCUT2D eigenvalue weighted by atomic mass is 16.4. The molecule has 1 saturated carbocycles. The second-order valence-electron chi connectivity index (χ2n) is 6.81. The molecular formula is C16H22N6O2. The van der Waals surface area contributed by atoms with Gasteiger partial charge in [-0.05, 0) is 38.3 Å². The summed E-state index contributed by atoms with van der Waals surface area (Å²) in [5.41, 5.74) is 6.53. The molecule has 4 rings (SSSR count). The molecule has 0 aromatic carbocycles. The minimum atomic E-state index is -0.500. The van der Waals surface area contributed by atoms with E-state index in [1.54, 1.807) is 6.07 Å². The van der Waals surface area contributed by atoms with Gasteiger partial charge in [-0.3, -0.25) is 14.8 Å². The van der Waals surface area contributed by atoms with E-state index in [4.69, 9.17) is 10.2 Å². The van der Waals surface area contributed by atoms with Crippen molar-refractivity contribution in [2.45, 2.75) is 50.5 Å². The number of hydrogen-bond acceptors (Lipinski definition) is 6. The highest BCUT2D eigenvalue weighted by Crippen LogP contribution is 2.35. The first-order chi connectivity index (χ1) is 11.7. The highest BCUT2D eigenvalue weighted by molar-refractivity contribution is 5.90. The number of likely N-dealkylation sites (tertiary alicyclic amines) is 1. The Hall–Kier alpha value is -2.22. The van der Waals surface area contributed by atoms with Crippen LogP contribution in [0.2, 0.25) is 0 Å². The smallest absolute Gasteiger partial charge is 0.269 e. The van der Waals surface area contributed by atoms with Gasteiger partial charge in [0.15, 0.2) is 0 Å². The number of carbonyl (C=O) groups excluding carboxylic acids is 1. The standard InChI is InChI=1S/C16H22N6O2/c17-15(23)13-7-12(18-19-13)11-5-2-6-22(8-11)9-14-20-21-16(24-14)10-3-1-4-10/h7,10-11H,1-6,8-9H2,(H2,17,23)(H,18,19)/t11-/m1/s1. The lowest BCUT2D eigenvalue weighted by atomic mass is 9.85. The quantitative estimate of drug-likeness (QED) is 0.859. The zero-order chi connectivity index (χ0) is 16.5. The third-order valence-corrected chi connectivity index (χ3v) is 5.09. The van der Waals surface area contributed by atoms with Crippen LogP contribution in [0.5, 0.6) is 0 Å². The first-order valence-electron chi connectivity index (χ1n) is 8.59. The van der Waals surface area contributed by atoms with Gasteiger partial charge in [0.25, 0.3) is 5.91 Å². The van der Waals surface area contributed by atoms with E-state index in [1.165, 1.54) is 6.42 Å². The van der Waals surface area contributed by atoms with Crippen molar-refractivity contribution in [3.8, 4) is 0 Å². The molecular weight excluding hydrogens is 308 g/mol. The van der Waals surface area contributed by atoms with Crippen molar-refractivity contribution < 1.29 is 9.21 Å². The van der Waals surface area contributed by atoms with Gasteiger partial charge in [-0.2, -0.15) is 5.10 Å². The lowest BCUT2D eigenvalue weighted by Gasteiger charge is -2.31. The SMILES string of the molecule is NC(=O)c1cc([C@@H]2CCCN(Cc3nnc(C4CCC4)o3)C2)[nH]n1. The number of carbonyl (C=O) groups is 1. The molecule has 2 fully saturated rings. The van der Waals surface area contributed by atoms with Crippen LogP contribution >= 0.6 is 0 Å². The van der Waals surface area contributed by atoms with Crippen LogP contribution in [0.15, 0.2) is 10.5 Å². The number of hydrogen-bond donors (Lipinski definition) is 2. The van der Waals surface area contributed by atoms with E-state index < -0.39 is 5.91 Å². The molecule has 24 heavy (non-hydrogen) atoms. The molecule has 0 unspecified atom stereocenters. The first-order valence-corrected chi connectivity index (χ1v) is 8.59. The van der Waals surface area contributed by atoms with Crippen molar-refractivity contribution >= 4 is 5.91 Å². The van der Waals surface area contributed by atoms with Crippen LogP contribution in [0.3, 0.4) is 0 Å². The fraction of sp³-hybridized carbons (Fsp3) is 0.625. The maximum absolute atomic E-state index is 11.2. The summed E-state index contributed by atoms with van der Waals surface area (Å²) in [6.07, 6.45) is 5.73. The number of aromatic nitrogens is 4. The molecule has 1 amide bonds. The summed E-state index contributed by atoms with van der Waals surface area (Å²) in [5.74, 6) is 1.77. The van der Waals surface area contributed by atoms with Gasteiger partial charge >= 0.3 is 0 Å². The topological polar surface area (TPSA) is 114 Å². The van der Waals surface area contributed by atoms with Gasteiger partial charge in [0.05, 0.1) is 6.54 Å². The molecule has 0 radical (unpaired) electrons. The summed E-state index contributed by atoms with van der Waals surface area (Å²) in [4.78, 5) is 13.5. The Morgan fingerprint density at radius 3 is 2.83 bits per heavy atom.